The van der Waals surface area contributed by atoms with Crippen molar-refractivity contribution in [3.05, 3.63) is 71.6 Å². The number of anilines is 2. The number of pyridine rings is 1. The van der Waals surface area contributed by atoms with Crippen LogP contribution in [-0.2, 0) is 9.59 Å². The highest BCUT2D eigenvalue weighted by Gasteiger charge is 2.46. The molecule has 3 N–H and O–H groups in total. The van der Waals surface area contributed by atoms with Crippen molar-refractivity contribution in [1.82, 2.24) is 44.9 Å². The second-order valence-corrected chi connectivity index (χ2v) is 16.2. The molecule has 1 unspecified atom stereocenters. The number of aryl methyl sites for hydroxylation is 1. The number of hydrogen-bond donors (Lipinski definition) is 3. The Morgan fingerprint density at radius 1 is 0.877 bits per heavy atom. The summed E-state index contributed by atoms with van der Waals surface area (Å²) in [6.45, 7) is 7.39. The molecule has 1 aliphatic carbocycles. The fourth-order valence-corrected chi connectivity index (χ4v) is 9.21. The lowest BCUT2D eigenvalue weighted by Gasteiger charge is -2.38. The van der Waals surface area contributed by atoms with Gasteiger partial charge in [0.2, 0.25) is 11.8 Å². The smallest absolute Gasteiger partial charge is 0.270 e. The van der Waals surface area contributed by atoms with Gasteiger partial charge in [-0.2, -0.15) is 0 Å². The molecule has 1 atom stereocenters. The fourth-order valence-electron chi connectivity index (χ4n) is 9.21. The number of carbonyl (C=O) groups is 5. The van der Waals surface area contributed by atoms with Crippen LogP contribution in [-0.4, -0.2) is 115 Å². The molecule has 0 bridgehead atoms. The van der Waals surface area contributed by atoms with E-state index < -0.39 is 23.8 Å². The number of imidazole rings is 1. The van der Waals surface area contributed by atoms with Gasteiger partial charge in [0.1, 0.15) is 23.6 Å². The maximum Gasteiger partial charge on any atom is 0.270 e. The van der Waals surface area contributed by atoms with Gasteiger partial charge in [0.25, 0.3) is 17.7 Å². The molecule has 16 heteroatoms. The van der Waals surface area contributed by atoms with Gasteiger partial charge in [-0.3, -0.25) is 34.2 Å². The number of likely N-dealkylation sites (tertiary alicyclic amines) is 1. The number of nitrogens with zero attached hydrogens (tertiary/aromatic N) is 8. The molecule has 1 aromatic carbocycles. The number of fused-ring (bicyclic) bond motifs is 2. The molecule has 7 heterocycles. The van der Waals surface area contributed by atoms with Gasteiger partial charge in [0.05, 0.1) is 23.1 Å². The Labute approximate surface area is 329 Å². The van der Waals surface area contributed by atoms with Crippen molar-refractivity contribution in [2.24, 2.45) is 11.8 Å². The summed E-state index contributed by atoms with van der Waals surface area (Å²) in [5.41, 5.74) is 4.25. The van der Waals surface area contributed by atoms with Crippen molar-refractivity contribution >= 4 is 52.2 Å². The van der Waals surface area contributed by atoms with Gasteiger partial charge in [-0.05, 0) is 101 Å². The first-order chi connectivity index (χ1) is 27.7. The number of hydrogen-bond acceptors (Lipinski definition) is 12. The molecule has 3 saturated heterocycles. The third-order valence-corrected chi connectivity index (χ3v) is 12.5. The van der Waals surface area contributed by atoms with Crippen LogP contribution in [0.5, 0.6) is 0 Å². The lowest BCUT2D eigenvalue weighted by atomic mass is 9.86. The van der Waals surface area contributed by atoms with Crippen LogP contribution < -0.4 is 20.9 Å². The average molecular weight is 774 g/mol. The maximum absolute atomic E-state index is 13.6. The largest absolute Gasteiger partial charge is 0.371 e. The standard InChI is InChI=1S/C41H47N11O5/c1-24-4-2-6-30(46-24)38(54)47-27-18-28(19-27)51-23-45-35-36(43-22-44-37(35)51)42-20-25-10-14-49(15-11-25)21-26-12-16-50(17-13-26)31-7-3-5-29-34(31)41(57)52(40(29)56)32-8-9-33(53)48-39(32)55/h2-7,22-23,25-28,32H,8-21H2,1H3,(H,47,54)(H,42,43,44)(H,48,53,55). The van der Waals surface area contributed by atoms with Gasteiger partial charge in [-0.15, -0.1) is 0 Å². The topological polar surface area (TPSA) is 188 Å². The first-order valence-corrected chi connectivity index (χ1v) is 20.2. The van der Waals surface area contributed by atoms with Crippen molar-refractivity contribution in [2.45, 2.75) is 76.4 Å². The van der Waals surface area contributed by atoms with Crippen LogP contribution in [0, 0.1) is 18.8 Å². The van der Waals surface area contributed by atoms with E-state index in [0.717, 1.165) is 111 Å². The highest BCUT2D eigenvalue weighted by atomic mass is 16.2. The molecule has 0 radical (unpaired) electrons. The number of piperidine rings is 3. The van der Waals surface area contributed by atoms with Gasteiger partial charge in [-0.25, -0.2) is 19.9 Å². The summed E-state index contributed by atoms with van der Waals surface area (Å²) < 4.78 is 2.10. The quantitative estimate of drug-likeness (QED) is 0.200. The molecule has 4 fully saturated rings. The zero-order valence-corrected chi connectivity index (χ0v) is 32.0. The van der Waals surface area contributed by atoms with Crippen molar-refractivity contribution < 1.29 is 24.0 Å². The summed E-state index contributed by atoms with van der Waals surface area (Å²) >= 11 is 0. The summed E-state index contributed by atoms with van der Waals surface area (Å²) in [7, 11) is 0. The van der Waals surface area contributed by atoms with Crippen LogP contribution in [0.25, 0.3) is 11.2 Å². The van der Waals surface area contributed by atoms with E-state index in [1.807, 2.05) is 31.5 Å². The molecule has 3 aromatic heterocycles. The third kappa shape index (κ3) is 7.22. The average Bonchev–Trinajstić information content (AvgIpc) is 3.74. The SMILES string of the molecule is Cc1cccc(C(=O)NC2CC(n3cnc4c(NCC5CCN(CC6CCN(c7cccc8c7C(=O)N(C7CCC(=O)NC7=O)C8=O)CC6)CC5)ncnc43)C2)n1. The Kier molecular flexibility index (Phi) is 9.88. The summed E-state index contributed by atoms with van der Waals surface area (Å²) in [4.78, 5) is 87.8. The van der Waals surface area contributed by atoms with E-state index in [-0.39, 0.29) is 36.7 Å². The molecule has 296 valence electrons. The second-order valence-electron chi connectivity index (χ2n) is 16.2. The second kappa shape index (κ2) is 15.3. The Balaban J connectivity index is 0.729. The lowest BCUT2D eigenvalue weighted by molar-refractivity contribution is -0.136. The molecular weight excluding hydrogens is 727 g/mol. The number of nitrogens with one attached hydrogen (secondary N) is 3. The normalized spacial score (nSPS) is 23.4. The third-order valence-electron chi connectivity index (χ3n) is 12.5. The van der Waals surface area contributed by atoms with E-state index in [4.69, 9.17) is 0 Å². The van der Waals surface area contributed by atoms with Gasteiger partial charge in [-0.1, -0.05) is 12.1 Å². The first kappa shape index (κ1) is 36.8. The molecule has 9 rings (SSSR count). The predicted octanol–water partition coefficient (Wildman–Crippen LogP) is 3.10. The van der Waals surface area contributed by atoms with Crippen LogP contribution in [0.2, 0.25) is 0 Å². The molecule has 16 nitrogen and oxygen atoms in total. The minimum Gasteiger partial charge on any atom is -0.371 e. The first-order valence-electron chi connectivity index (χ1n) is 20.2. The van der Waals surface area contributed by atoms with Crippen molar-refractivity contribution in [2.75, 3.05) is 49.5 Å². The number of rotatable bonds is 10. The van der Waals surface area contributed by atoms with Gasteiger partial charge in [0, 0.05) is 50.4 Å². The monoisotopic (exact) mass is 773 g/mol. The maximum atomic E-state index is 13.6. The minimum atomic E-state index is -0.972. The molecule has 57 heavy (non-hydrogen) atoms. The number of imide groups is 2. The summed E-state index contributed by atoms with van der Waals surface area (Å²) in [6.07, 6.45) is 9.44. The van der Waals surface area contributed by atoms with E-state index in [1.165, 1.54) is 0 Å². The summed E-state index contributed by atoms with van der Waals surface area (Å²) in [5.74, 6) is -0.240. The van der Waals surface area contributed by atoms with Crippen LogP contribution in [0.1, 0.15) is 94.3 Å². The van der Waals surface area contributed by atoms with Crippen LogP contribution in [0.4, 0.5) is 11.5 Å². The molecular formula is C41H47N11O5. The fraction of sp³-hybridized carbons (Fsp3) is 0.488. The van der Waals surface area contributed by atoms with Crippen LogP contribution in [0.3, 0.4) is 0 Å². The Morgan fingerprint density at radius 3 is 2.42 bits per heavy atom. The van der Waals surface area contributed by atoms with E-state index in [1.54, 1.807) is 24.5 Å². The van der Waals surface area contributed by atoms with Gasteiger partial charge < -0.3 is 25.0 Å². The summed E-state index contributed by atoms with van der Waals surface area (Å²) in [6, 6.07) is 10.1. The highest BCUT2D eigenvalue weighted by Crippen LogP contribution is 2.37. The number of benzene rings is 1. The van der Waals surface area contributed by atoms with Crippen molar-refractivity contribution in [3.8, 4) is 0 Å². The van der Waals surface area contributed by atoms with E-state index in [9.17, 15) is 24.0 Å². The van der Waals surface area contributed by atoms with Crippen molar-refractivity contribution in [1.29, 1.82) is 0 Å². The zero-order chi connectivity index (χ0) is 39.2. The molecule has 5 amide bonds. The van der Waals surface area contributed by atoms with Gasteiger partial charge >= 0.3 is 0 Å². The number of carbonyl (C=O) groups excluding carboxylic acids is 5. The summed E-state index contributed by atoms with van der Waals surface area (Å²) in [5, 5.41) is 8.94. The molecule has 5 aliphatic rings. The van der Waals surface area contributed by atoms with Crippen LogP contribution in [0.15, 0.2) is 49.1 Å². The molecule has 1 saturated carbocycles. The predicted molar refractivity (Wildman–Crippen MR) is 210 cm³/mol. The van der Waals surface area contributed by atoms with E-state index in [2.05, 4.69) is 50.3 Å². The zero-order valence-electron chi connectivity index (χ0n) is 32.0. The van der Waals surface area contributed by atoms with Crippen molar-refractivity contribution in [3.63, 3.8) is 0 Å². The Bertz CT molecular complexity index is 2240. The van der Waals surface area contributed by atoms with E-state index >= 15 is 0 Å². The van der Waals surface area contributed by atoms with Gasteiger partial charge in [0.15, 0.2) is 11.5 Å². The minimum absolute atomic E-state index is 0.0807. The molecule has 0 spiro atoms. The molecule has 4 aromatic rings. The number of aromatic nitrogens is 5. The lowest BCUT2D eigenvalue weighted by Crippen LogP contribution is -2.54. The Hall–Kier alpha value is -5.77. The van der Waals surface area contributed by atoms with E-state index in [0.29, 0.717) is 28.7 Å². The van der Waals surface area contributed by atoms with Crippen LogP contribution >= 0.6 is 0 Å². The molecule has 4 aliphatic heterocycles. The highest BCUT2D eigenvalue weighted by molar-refractivity contribution is 6.25. The Morgan fingerprint density at radius 2 is 1.65 bits per heavy atom. The number of amides is 5.